The topological polar surface area (TPSA) is 21.3 Å². The lowest BCUT2D eigenvalue weighted by atomic mass is 9.90. The molecule has 1 N–H and O–H groups in total. The van der Waals surface area contributed by atoms with Gasteiger partial charge in [-0.15, -0.1) is 0 Å². The fourth-order valence-corrected chi connectivity index (χ4v) is 2.30. The summed E-state index contributed by atoms with van der Waals surface area (Å²) in [4.78, 5) is 0. The molecule has 0 saturated carbocycles. The number of hydrogen-bond donors (Lipinski definition) is 1. The molecule has 1 aromatic carbocycles. The molecule has 1 aliphatic heterocycles. The maximum atomic E-state index is 5.39. The van der Waals surface area contributed by atoms with Crippen LogP contribution in [0.4, 0.5) is 0 Å². The van der Waals surface area contributed by atoms with Gasteiger partial charge in [0, 0.05) is 11.6 Å². The molecule has 0 bridgehead atoms. The lowest BCUT2D eigenvalue weighted by molar-refractivity contribution is 0.315. The van der Waals surface area contributed by atoms with Crippen LogP contribution in [-0.2, 0) is 0 Å². The fraction of sp³-hybridized carbons (Fsp3) is 0.538. The van der Waals surface area contributed by atoms with E-state index in [1.165, 1.54) is 18.4 Å². The molecular formula is C13H19NO. The molecule has 1 saturated heterocycles. The highest BCUT2D eigenvalue weighted by molar-refractivity contribution is 5.36. The van der Waals surface area contributed by atoms with Gasteiger partial charge in [0.15, 0.2) is 0 Å². The normalized spacial score (nSPS) is 26.3. The van der Waals surface area contributed by atoms with Gasteiger partial charge in [0.2, 0.25) is 0 Å². The quantitative estimate of drug-likeness (QED) is 0.801. The molecular weight excluding hydrogens is 186 g/mol. The van der Waals surface area contributed by atoms with Crippen molar-refractivity contribution in [3.8, 4) is 5.75 Å². The Hall–Kier alpha value is -1.02. The van der Waals surface area contributed by atoms with Crippen LogP contribution in [0.5, 0.6) is 5.75 Å². The molecule has 2 rings (SSSR count). The van der Waals surface area contributed by atoms with Crippen molar-refractivity contribution in [2.45, 2.75) is 25.8 Å². The van der Waals surface area contributed by atoms with Crippen molar-refractivity contribution in [1.29, 1.82) is 0 Å². The minimum Gasteiger partial charge on any atom is -0.496 e. The summed E-state index contributed by atoms with van der Waals surface area (Å²) in [6.45, 7) is 3.44. The summed E-state index contributed by atoms with van der Waals surface area (Å²) >= 11 is 0. The minimum absolute atomic E-state index is 0.463. The van der Waals surface area contributed by atoms with E-state index < -0.39 is 0 Å². The van der Waals surface area contributed by atoms with Gasteiger partial charge in [-0.05, 0) is 31.4 Å². The summed E-state index contributed by atoms with van der Waals surface area (Å²) < 4.78 is 5.39. The number of ether oxygens (including phenoxy) is 1. The number of piperidine rings is 1. The Bertz CT molecular complexity index is 324. The number of rotatable bonds is 2. The van der Waals surface area contributed by atoms with Gasteiger partial charge < -0.3 is 10.1 Å². The second-order valence-electron chi connectivity index (χ2n) is 4.38. The van der Waals surface area contributed by atoms with Crippen LogP contribution in [0.15, 0.2) is 24.3 Å². The summed E-state index contributed by atoms with van der Waals surface area (Å²) in [5, 5.41) is 3.56. The first-order valence-electron chi connectivity index (χ1n) is 5.67. The Labute approximate surface area is 91.6 Å². The molecule has 82 valence electrons. The lowest BCUT2D eigenvalue weighted by Crippen LogP contribution is -2.30. The van der Waals surface area contributed by atoms with Gasteiger partial charge in [-0.2, -0.15) is 0 Å². The van der Waals surface area contributed by atoms with Crippen molar-refractivity contribution in [2.75, 3.05) is 13.7 Å². The smallest absolute Gasteiger partial charge is 0.123 e. The van der Waals surface area contributed by atoms with E-state index in [9.17, 15) is 0 Å². The van der Waals surface area contributed by atoms with Crippen molar-refractivity contribution >= 4 is 0 Å². The molecule has 2 atom stereocenters. The first-order valence-corrected chi connectivity index (χ1v) is 5.67. The molecule has 2 nitrogen and oxygen atoms in total. The largest absolute Gasteiger partial charge is 0.496 e. The van der Waals surface area contributed by atoms with Gasteiger partial charge in [0.25, 0.3) is 0 Å². The molecule has 15 heavy (non-hydrogen) atoms. The van der Waals surface area contributed by atoms with Crippen molar-refractivity contribution in [3.05, 3.63) is 29.8 Å². The van der Waals surface area contributed by atoms with Crippen LogP contribution in [0, 0.1) is 5.92 Å². The Morgan fingerprint density at radius 2 is 2.13 bits per heavy atom. The van der Waals surface area contributed by atoms with Crippen LogP contribution in [0.25, 0.3) is 0 Å². The van der Waals surface area contributed by atoms with E-state index in [0.29, 0.717) is 6.04 Å². The Morgan fingerprint density at radius 3 is 2.87 bits per heavy atom. The lowest BCUT2D eigenvalue weighted by Gasteiger charge is -2.29. The molecule has 0 unspecified atom stereocenters. The molecule has 0 amide bonds. The van der Waals surface area contributed by atoms with Gasteiger partial charge in [-0.3, -0.25) is 0 Å². The van der Waals surface area contributed by atoms with Crippen molar-refractivity contribution in [1.82, 2.24) is 5.32 Å². The van der Waals surface area contributed by atoms with Gasteiger partial charge in [-0.25, -0.2) is 0 Å². The number of hydrogen-bond acceptors (Lipinski definition) is 2. The number of benzene rings is 1. The van der Waals surface area contributed by atoms with Gasteiger partial charge in [0.1, 0.15) is 5.75 Å². The zero-order valence-electron chi connectivity index (χ0n) is 9.49. The summed E-state index contributed by atoms with van der Waals surface area (Å²) in [7, 11) is 1.74. The number of nitrogens with one attached hydrogen (secondary N) is 1. The highest BCUT2D eigenvalue weighted by Gasteiger charge is 2.21. The molecule has 2 heteroatoms. The minimum atomic E-state index is 0.463. The first-order chi connectivity index (χ1) is 7.31. The molecule has 1 fully saturated rings. The van der Waals surface area contributed by atoms with Crippen LogP contribution in [-0.4, -0.2) is 13.7 Å². The zero-order chi connectivity index (χ0) is 10.7. The second-order valence-corrected chi connectivity index (χ2v) is 4.38. The number of para-hydroxylation sites is 1. The third-order valence-electron chi connectivity index (χ3n) is 3.18. The predicted octanol–water partition coefficient (Wildman–Crippen LogP) is 2.76. The van der Waals surface area contributed by atoms with Crippen molar-refractivity contribution < 1.29 is 4.74 Å². The first kappa shape index (κ1) is 10.5. The van der Waals surface area contributed by atoms with E-state index in [0.717, 1.165) is 18.2 Å². The number of methoxy groups -OCH3 is 1. The molecule has 0 radical (unpaired) electrons. The average Bonchev–Trinajstić information content (AvgIpc) is 2.29. The highest BCUT2D eigenvalue weighted by atomic mass is 16.5. The Morgan fingerprint density at radius 1 is 1.33 bits per heavy atom. The molecule has 1 heterocycles. The summed E-state index contributed by atoms with van der Waals surface area (Å²) in [5.74, 6) is 1.81. The monoisotopic (exact) mass is 205 g/mol. The highest BCUT2D eigenvalue weighted by Crippen LogP contribution is 2.32. The third-order valence-corrected chi connectivity index (χ3v) is 3.18. The molecule has 0 spiro atoms. The Kier molecular flexibility index (Phi) is 3.27. The van der Waals surface area contributed by atoms with Crippen LogP contribution >= 0.6 is 0 Å². The Balaban J connectivity index is 2.20. The van der Waals surface area contributed by atoms with Crippen LogP contribution < -0.4 is 10.1 Å². The third kappa shape index (κ3) is 2.32. The van der Waals surface area contributed by atoms with Gasteiger partial charge >= 0.3 is 0 Å². The maximum absolute atomic E-state index is 5.39. The maximum Gasteiger partial charge on any atom is 0.123 e. The van der Waals surface area contributed by atoms with E-state index >= 15 is 0 Å². The molecule has 1 aliphatic rings. The van der Waals surface area contributed by atoms with Gasteiger partial charge in [0.05, 0.1) is 7.11 Å². The van der Waals surface area contributed by atoms with Crippen LogP contribution in [0.1, 0.15) is 31.4 Å². The molecule has 1 aromatic rings. The van der Waals surface area contributed by atoms with Gasteiger partial charge in [-0.1, -0.05) is 25.1 Å². The standard InChI is InChI=1S/C13H19NO/c1-10-7-8-14-12(9-10)11-5-3-4-6-13(11)15-2/h3-6,10,12,14H,7-9H2,1-2H3/t10-,12-/m0/s1. The van der Waals surface area contributed by atoms with Crippen LogP contribution in [0.2, 0.25) is 0 Å². The average molecular weight is 205 g/mol. The second kappa shape index (κ2) is 4.67. The van der Waals surface area contributed by atoms with Crippen molar-refractivity contribution in [2.24, 2.45) is 5.92 Å². The van der Waals surface area contributed by atoms with E-state index in [2.05, 4.69) is 24.4 Å². The fourth-order valence-electron chi connectivity index (χ4n) is 2.30. The summed E-state index contributed by atoms with van der Waals surface area (Å²) in [6.07, 6.45) is 2.49. The van der Waals surface area contributed by atoms with E-state index in [-0.39, 0.29) is 0 Å². The molecule has 0 aromatic heterocycles. The summed E-state index contributed by atoms with van der Waals surface area (Å²) in [6, 6.07) is 8.77. The predicted molar refractivity (Wildman–Crippen MR) is 62.1 cm³/mol. The SMILES string of the molecule is COc1ccccc1[C@@H]1C[C@@H](C)CCN1. The van der Waals surface area contributed by atoms with E-state index in [4.69, 9.17) is 4.74 Å². The van der Waals surface area contributed by atoms with Crippen molar-refractivity contribution in [3.63, 3.8) is 0 Å². The van der Waals surface area contributed by atoms with E-state index in [1.54, 1.807) is 7.11 Å². The van der Waals surface area contributed by atoms with Crippen LogP contribution in [0.3, 0.4) is 0 Å². The van der Waals surface area contributed by atoms with E-state index in [1.807, 2.05) is 12.1 Å². The molecule has 0 aliphatic carbocycles. The zero-order valence-corrected chi connectivity index (χ0v) is 9.49. The summed E-state index contributed by atoms with van der Waals surface area (Å²) in [5.41, 5.74) is 1.30.